The van der Waals surface area contributed by atoms with E-state index in [0.717, 1.165) is 4.90 Å². The summed E-state index contributed by atoms with van der Waals surface area (Å²) in [7, 11) is 0. The van der Waals surface area contributed by atoms with Crippen LogP contribution in [0.25, 0.3) is 23.3 Å². The standard InChI is InChI=1S/C25H19F3N4O3/c26-18-3-1-2-16(10-18)20-7-9-35-22(20)5-4-17-13-30-8-6-21(17)24(34)31-14-23(33)32-15-25(27,28)11-19(32)12-29/h1-10,13,19H,11,14-15H2,(H,31,34). The van der Waals surface area contributed by atoms with Crippen molar-refractivity contribution < 1.29 is 27.2 Å². The first-order chi connectivity index (χ1) is 16.8. The number of nitrogens with zero attached hydrogens (tertiary/aromatic N) is 3. The lowest BCUT2D eigenvalue weighted by Gasteiger charge is -2.19. The lowest BCUT2D eigenvalue weighted by atomic mass is 10.0. The third-order valence-corrected chi connectivity index (χ3v) is 5.48. The van der Waals surface area contributed by atoms with Crippen LogP contribution in [0.2, 0.25) is 0 Å². The Labute approximate surface area is 198 Å². The van der Waals surface area contributed by atoms with Crippen molar-refractivity contribution in [2.75, 3.05) is 13.1 Å². The number of amides is 2. The summed E-state index contributed by atoms with van der Waals surface area (Å²) in [5.74, 6) is -4.50. The molecule has 178 valence electrons. The van der Waals surface area contributed by atoms with Crippen molar-refractivity contribution in [3.8, 4) is 17.2 Å². The molecule has 35 heavy (non-hydrogen) atoms. The molecule has 3 heterocycles. The molecule has 0 aliphatic carbocycles. The number of hydrogen-bond acceptors (Lipinski definition) is 5. The van der Waals surface area contributed by atoms with Gasteiger partial charge in [0.05, 0.1) is 25.4 Å². The van der Waals surface area contributed by atoms with Gasteiger partial charge < -0.3 is 14.6 Å². The quantitative estimate of drug-likeness (QED) is 0.572. The first-order valence-electron chi connectivity index (χ1n) is 10.6. The van der Waals surface area contributed by atoms with Gasteiger partial charge in [-0.1, -0.05) is 12.1 Å². The Morgan fingerprint density at radius 2 is 2.11 bits per heavy atom. The van der Waals surface area contributed by atoms with E-state index in [0.29, 0.717) is 22.5 Å². The van der Waals surface area contributed by atoms with E-state index in [1.807, 2.05) is 0 Å². The maximum Gasteiger partial charge on any atom is 0.268 e. The number of carbonyl (C=O) groups excluding carboxylic acids is 2. The number of alkyl halides is 2. The molecule has 1 aromatic carbocycles. The number of aromatic nitrogens is 1. The maximum atomic E-state index is 13.6. The summed E-state index contributed by atoms with van der Waals surface area (Å²) < 4.78 is 46.3. The predicted octanol–water partition coefficient (Wildman–Crippen LogP) is 4.14. The normalized spacial score (nSPS) is 16.9. The molecule has 1 atom stereocenters. The number of halogens is 3. The lowest BCUT2D eigenvalue weighted by Crippen LogP contribution is -2.43. The van der Waals surface area contributed by atoms with Crippen molar-refractivity contribution in [3.05, 3.63) is 77.8 Å². The smallest absolute Gasteiger partial charge is 0.268 e. The SMILES string of the molecule is N#CC1CC(F)(F)CN1C(=O)CNC(=O)c1ccncc1C=Cc1occc1-c1cccc(F)c1. The second-order valence-electron chi connectivity index (χ2n) is 7.91. The fourth-order valence-corrected chi connectivity index (χ4v) is 3.80. The number of likely N-dealkylation sites (tertiary alicyclic amines) is 1. The zero-order valence-corrected chi connectivity index (χ0v) is 18.2. The minimum atomic E-state index is -3.14. The third-order valence-electron chi connectivity index (χ3n) is 5.48. The number of nitriles is 1. The highest BCUT2D eigenvalue weighted by molar-refractivity contribution is 6.00. The minimum Gasteiger partial charge on any atom is -0.464 e. The molecule has 1 fully saturated rings. The highest BCUT2D eigenvalue weighted by Gasteiger charge is 2.47. The summed E-state index contributed by atoms with van der Waals surface area (Å²) >= 11 is 0. The van der Waals surface area contributed by atoms with Gasteiger partial charge in [-0.15, -0.1) is 0 Å². The molecule has 3 aromatic rings. The van der Waals surface area contributed by atoms with Crippen molar-refractivity contribution in [3.63, 3.8) is 0 Å². The molecule has 1 aliphatic rings. The molecule has 0 spiro atoms. The first-order valence-corrected chi connectivity index (χ1v) is 10.6. The molecule has 2 aromatic heterocycles. The summed E-state index contributed by atoms with van der Waals surface area (Å²) in [6, 6.07) is 9.60. The largest absolute Gasteiger partial charge is 0.464 e. The monoisotopic (exact) mass is 480 g/mol. The second kappa shape index (κ2) is 9.85. The van der Waals surface area contributed by atoms with Gasteiger partial charge in [-0.2, -0.15) is 5.26 Å². The Balaban J connectivity index is 1.47. The fourth-order valence-electron chi connectivity index (χ4n) is 3.80. The van der Waals surface area contributed by atoms with Gasteiger partial charge in [-0.3, -0.25) is 14.6 Å². The zero-order chi connectivity index (χ0) is 25.0. The van der Waals surface area contributed by atoms with Crippen LogP contribution in [0.5, 0.6) is 0 Å². The van der Waals surface area contributed by atoms with Crippen LogP contribution < -0.4 is 5.32 Å². The maximum absolute atomic E-state index is 13.6. The molecule has 4 rings (SSSR count). The van der Waals surface area contributed by atoms with E-state index < -0.39 is 49.1 Å². The van der Waals surface area contributed by atoms with Gasteiger partial charge in [0, 0.05) is 35.5 Å². The van der Waals surface area contributed by atoms with Crippen LogP contribution in [0.15, 0.2) is 59.5 Å². The first kappa shape index (κ1) is 23.8. The van der Waals surface area contributed by atoms with Crippen molar-refractivity contribution in [1.82, 2.24) is 15.2 Å². The van der Waals surface area contributed by atoms with E-state index in [9.17, 15) is 22.8 Å². The van der Waals surface area contributed by atoms with Crippen LogP contribution in [-0.2, 0) is 4.79 Å². The van der Waals surface area contributed by atoms with Crippen molar-refractivity contribution in [2.45, 2.75) is 18.4 Å². The van der Waals surface area contributed by atoms with Crippen molar-refractivity contribution >= 4 is 24.0 Å². The summed E-state index contributed by atoms with van der Waals surface area (Å²) in [6.07, 6.45) is 6.74. The van der Waals surface area contributed by atoms with Crippen LogP contribution >= 0.6 is 0 Å². The van der Waals surface area contributed by atoms with Gasteiger partial charge in [-0.25, -0.2) is 13.2 Å². The van der Waals surface area contributed by atoms with Crippen LogP contribution in [0.1, 0.15) is 28.1 Å². The number of rotatable bonds is 6. The lowest BCUT2D eigenvalue weighted by molar-refractivity contribution is -0.131. The van der Waals surface area contributed by atoms with Crippen LogP contribution in [0, 0.1) is 17.1 Å². The molecule has 1 unspecified atom stereocenters. The molecular weight excluding hydrogens is 461 g/mol. The number of benzene rings is 1. The third kappa shape index (κ3) is 5.41. The summed E-state index contributed by atoms with van der Waals surface area (Å²) in [5.41, 5.74) is 1.85. The fraction of sp³-hybridized carbons (Fsp3) is 0.200. The molecule has 7 nitrogen and oxygen atoms in total. The predicted molar refractivity (Wildman–Crippen MR) is 120 cm³/mol. The van der Waals surface area contributed by atoms with Crippen LogP contribution in [-0.4, -0.2) is 46.8 Å². The van der Waals surface area contributed by atoms with E-state index in [1.54, 1.807) is 36.4 Å². The number of hydrogen-bond donors (Lipinski definition) is 1. The van der Waals surface area contributed by atoms with E-state index in [1.165, 1.54) is 36.9 Å². The number of furan rings is 1. The molecular formula is C25H19F3N4O3. The highest BCUT2D eigenvalue weighted by atomic mass is 19.3. The second-order valence-corrected chi connectivity index (χ2v) is 7.91. The summed E-state index contributed by atoms with van der Waals surface area (Å²) in [6.45, 7) is -1.40. The minimum absolute atomic E-state index is 0.187. The van der Waals surface area contributed by atoms with Crippen molar-refractivity contribution in [1.29, 1.82) is 5.26 Å². The zero-order valence-electron chi connectivity index (χ0n) is 18.2. The van der Waals surface area contributed by atoms with E-state index in [2.05, 4.69) is 10.3 Å². The Kier molecular flexibility index (Phi) is 6.68. The highest BCUT2D eigenvalue weighted by Crippen LogP contribution is 2.31. The average Bonchev–Trinajstić information content (AvgIpc) is 3.44. The van der Waals surface area contributed by atoms with Gasteiger partial charge in [0.2, 0.25) is 5.91 Å². The molecule has 10 heteroatoms. The molecule has 0 radical (unpaired) electrons. The Hall–Kier alpha value is -4.39. The van der Waals surface area contributed by atoms with Crippen molar-refractivity contribution in [2.24, 2.45) is 0 Å². The van der Waals surface area contributed by atoms with Crippen LogP contribution in [0.4, 0.5) is 13.2 Å². The Morgan fingerprint density at radius 3 is 2.89 bits per heavy atom. The molecule has 1 N–H and O–H groups in total. The van der Waals surface area contributed by atoms with E-state index >= 15 is 0 Å². The van der Waals surface area contributed by atoms with Gasteiger partial charge >= 0.3 is 0 Å². The topological polar surface area (TPSA) is 99.2 Å². The van der Waals surface area contributed by atoms with E-state index in [-0.39, 0.29) is 5.56 Å². The summed E-state index contributed by atoms with van der Waals surface area (Å²) in [5, 5.41) is 11.5. The van der Waals surface area contributed by atoms with Crippen LogP contribution in [0.3, 0.4) is 0 Å². The molecule has 0 saturated carbocycles. The van der Waals surface area contributed by atoms with Gasteiger partial charge in [0.25, 0.3) is 11.8 Å². The Bertz CT molecular complexity index is 1330. The molecule has 0 bridgehead atoms. The number of pyridine rings is 1. The number of carbonyl (C=O) groups is 2. The van der Waals surface area contributed by atoms with Gasteiger partial charge in [-0.05, 0) is 42.0 Å². The van der Waals surface area contributed by atoms with E-state index in [4.69, 9.17) is 9.68 Å². The van der Waals surface area contributed by atoms with Gasteiger partial charge in [0.1, 0.15) is 17.6 Å². The summed E-state index contributed by atoms with van der Waals surface area (Å²) in [4.78, 5) is 29.9. The number of nitrogens with one attached hydrogen (secondary N) is 1. The molecule has 1 aliphatic heterocycles. The molecule has 1 saturated heterocycles. The Morgan fingerprint density at radius 1 is 1.29 bits per heavy atom. The average molecular weight is 480 g/mol. The van der Waals surface area contributed by atoms with Gasteiger partial charge in [0.15, 0.2) is 0 Å². The molecule has 2 amide bonds.